The van der Waals surface area contributed by atoms with E-state index in [4.69, 9.17) is 0 Å². The molecule has 0 bridgehead atoms. The Morgan fingerprint density at radius 3 is 2.61 bits per heavy atom. The molecule has 6 atom stereocenters. The fourth-order valence-electron chi connectivity index (χ4n) is 7.03. The van der Waals surface area contributed by atoms with Gasteiger partial charge >= 0.3 is 0 Å². The second-order valence-corrected chi connectivity index (χ2v) is 12.0. The van der Waals surface area contributed by atoms with Crippen LogP contribution >= 0.6 is 0 Å². The summed E-state index contributed by atoms with van der Waals surface area (Å²) < 4.78 is 0. The van der Waals surface area contributed by atoms with Crippen LogP contribution in [0.2, 0.25) is 0 Å². The standard InChI is InChI=1S/C28H46O3/c1-19(9-7-15-26(3,4)30)24-13-14-25-21(10-8-16-27(24,25)5)11-12-22-17-23(29)18-28(6,31)20(22)2/h11-12,19,23-25,29-31H,2,7-10,13-18H2,1,3-6H3/b21-11+,22-12-/t19-,23-,24-,25+,27-,28+/m1/s1. The third-order valence-corrected chi connectivity index (χ3v) is 8.80. The molecule has 0 spiro atoms. The normalized spacial score (nSPS) is 40.4. The topological polar surface area (TPSA) is 60.7 Å². The summed E-state index contributed by atoms with van der Waals surface area (Å²) in [6.45, 7) is 14.7. The lowest BCUT2D eigenvalue weighted by Crippen LogP contribution is -2.37. The van der Waals surface area contributed by atoms with Crippen molar-refractivity contribution in [1.29, 1.82) is 0 Å². The summed E-state index contributed by atoms with van der Waals surface area (Å²) in [4.78, 5) is 0. The molecule has 3 fully saturated rings. The minimum atomic E-state index is -1.01. The zero-order chi connectivity index (χ0) is 23.0. The van der Waals surface area contributed by atoms with Gasteiger partial charge < -0.3 is 15.3 Å². The van der Waals surface area contributed by atoms with Crippen LogP contribution in [0.4, 0.5) is 0 Å². The molecule has 0 aromatic heterocycles. The van der Waals surface area contributed by atoms with Crippen molar-refractivity contribution in [1.82, 2.24) is 0 Å². The molecule has 0 saturated heterocycles. The van der Waals surface area contributed by atoms with Crippen molar-refractivity contribution >= 4 is 0 Å². The van der Waals surface area contributed by atoms with Gasteiger partial charge in [0.1, 0.15) is 0 Å². The van der Waals surface area contributed by atoms with E-state index in [2.05, 4.69) is 32.6 Å². The number of aliphatic hydroxyl groups excluding tert-OH is 1. The maximum Gasteiger partial charge on any atom is 0.0890 e. The molecular weight excluding hydrogens is 384 g/mol. The van der Waals surface area contributed by atoms with Crippen LogP contribution in [0, 0.1) is 23.2 Å². The van der Waals surface area contributed by atoms with Crippen LogP contribution in [0.25, 0.3) is 0 Å². The van der Waals surface area contributed by atoms with Gasteiger partial charge in [-0.25, -0.2) is 0 Å². The number of aliphatic hydroxyl groups is 3. The molecule has 0 amide bonds. The average molecular weight is 431 g/mol. The van der Waals surface area contributed by atoms with Gasteiger partial charge in [-0.3, -0.25) is 0 Å². The van der Waals surface area contributed by atoms with E-state index in [9.17, 15) is 15.3 Å². The first kappa shape index (κ1) is 24.7. The lowest BCUT2D eigenvalue weighted by Gasteiger charge is -2.44. The molecular formula is C28H46O3. The van der Waals surface area contributed by atoms with Crippen LogP contribution in [0.15, 0.2) is 35.5 Å². The van der Waals surface area contributed by atoms with Crippen LogP contribution in [-0.4, -0.2) is 32.6 Å². The van der Waals surface area contributed by atoms with E-state index in [0.29, 0.717) is 30.1 Å². The largest absolute Gasteiger partial charge is 0.393 e. The molecule has 0 aliphatic heterocycles. The van der Waals surface area contributed by atoms with E-state index in [0.717, 1.165) is 36.3 Å². The van der Waals surface area contributed by atoms with Crippen LogP contribution in [0.1, 0.15) is 98.8 Å². The summed E-state index contributed by atoms with van der Waals surface area (Å²) in [5, 5.41) is 30.8. The molecule has 3 saturated carbocycles. The molecule has 0 heterocycles. The summed E-state index contributed by atoms with van der Waals surface area (Å²) in [5.41, 5.74) is 2.11. The van der Waals surface area contributed by atoms with E-state index >= 15 is 0 Å². The lowest BCUT2D eigenvalue weighted by molar-refractivity contribution is 0.0204. The van der Waals surface area contributed by atoms with Gasteiger partial charge in [0.25, 0.3) is 0 Å². The van der Waals surface area contributed by atoms with Crippen LogP contribution in [0.3, 0.4) is 0 Å². The van der Waals surface area contributed by atoms with Crippen molar-refractivity contribution in [2.45, 2.75) is 116 Å². The number of allylic oxidation sites excluding steroid dienone is 3. The highest BCUT2D eigenvalue weighted by Gasteiger charge is 2.50. The van der Waals surface area contributed by atoms with Crippen LogP contribution in [-0.2, 0) is 0 Å². The summed E-state index contributed by atoms with van der Waals surface area (Å²) in [6, 6.07) is 0. The Balaban J connectivity index is 1.72. The quantitative estimate of drug-likeness (QED) is 0.477. The van der Waals surface area contributed by atoms with Crippen molar-refractivity contribution in [2.75, 3.05) is 0 Å². The van der Waals surface area contributed by atoms with Crippen molar-refractivity contribution in [3.05, 3.63) is 35.5 Å². The van der Waals surface area contributed by atoms with Gasteiger partial charge in [0, 0.05) is 6.42 Å². The van der Waals surface area contributed by atoms with E-state index in [-0.39, 0.29) is 0 Å². The number of hydrogen-bond donors (Lipinski definition) is 3. The van der Waals surface area contributed by atoms with Crippen molar-refractivity contribution in [3.8, 4) is 0 Å². The first-order chi connectivity index (χ1) is 14.3. The minimum Gasteiger partial charge on any atom is -0.393 e. The molecule has 3 rings (SSSR count). The number of hydrogen-bond acceptors (Lipinski definition) is 3. The Labute approximate surface area is 190 Å². The van der Waals surface area contributed by atoms with E-state index < -0.39 is 17.3 Å². The molecule has 0 aromatic carbocycles. The van der Waals surface area contributed by atoms with Gasteiger partial charge in [-0.1, -0.05) is 51.0 Å². The molecule has 3 aliphatic rings. The highest BCUT2D eigenvalue weighted by molar-refractivity contribution is 5.41. The zero-order valence-electron chi connectivity index (χ0n) is 20.6. The Morgan fingerprint density at radius 2 is 1.94 bits per heavy atom. The first-order valence-electron chi connectivity index (χ1n) is 12.6. The third kappa shape index (κ3) is 5.54. The second-order valence-electron chi connectivity index (χ2n) is 12.0. The predicted molar refractivity (Wildman–Crippen MR) is 129 cm³/mol. The number of rotatable bonds is 6. The smallest absolute Gasteiger partial charge is 0.0890 e. The first-order valence-corrected chi connectivity index (χ1v) is 12.6. The molecule has 0 radical (unpaired) electrons. The summed E-state index contributed by atoms with van der Waals surface area (Å²) >= 11 is 0. The van der Waals surface area contributed by atoms with Gasteiger partial charge in [0.15, 0.2) is 0 Å². The summed E-state index contributed by atoms with van der Waals surface area (Å²) in [5.74, 6) is 2.09. The van der Waals surface area contributed by atoms with Crippen molar-refractivity contribution in [2.24, 2.45) is 23.2 Å². The van der Waals surface area contributed by atoms with Gasteiger partial charge in [0.05, 0.1) is 17.3 Å². The molecule has 176 valence electrons. The van der Waals surface area contributed by atoms with Gasteiger partial charge in [-0.15, -0.1) is 0 Å². The highest BCUT2D eigenvalue weighted by atomic mass is 16.3. The Bertz CT molecular complexity index is 723. The third-order valence-electron chi connectivity index (χ3n) is 8.80. The molecule has 0 unspecified atom stereocenters. The lowest BCUT2D eigenvalue weighted by atomic mass is 9.60. The Kier molecular flexibility index (Phi) is 7.30. The summed E-state index contributed by atoms with van der Waals surface area (Å²) in [7, 11) is 0. The van der Waals surface area contributed by atoms with Crippen molar-refractivity contribution in [3.63, 3.8) is 0 Å². The molecule has 3 nitrogen and oxygen atoms in total. The SMILES string of the molecule is C=C1/C(=C\C=C2/CCC[C@]3(C)[C@@H]([C@H](C)CCCC(C)(C)O)CC[C@@H]23)C[C@@H](O)C[C@]1(C)O. The van der Waals surface area contributed by atoms with Gasteiger partial charge in [0.2, 0.25) is 0 Å². The fourth-order valence-corrected chi connectivity index (χ4v) is 7.03. The fraction of sp³-hybridized carbons (Fsp3) is 0.786. The van der Waals surface area contributed by atoms with E-state index in [1.165, 1.54) is 32.1 Å². The van der Waals surface area contributed by atoms with Crippen LogP contribution < -0.4 is 0 Å². The zero-order valence-corrected chi connectivity index (χ0v) is 20.6. The maximum absolute atomic E-state index is 10.6. The van der Waals surface area contributed by atoms with Crippen molar-refractivity contribution < 1.29 is 15.3 Å². The van der Waals surface area contributed by atoms with Gasteiger partial charge in [-0.2, -0.15) is 0 Å². The summed E-state index contributed by atoms with van der Waals surface area (Å²) in [6.07, 6.45) is 14.4. The molecule has 3 N–H and O–H groups in total. The minimum absolute atomic E-state index is 0.366. The predicted octanol–water partition coefficient (Wildman–Crippen LogP) is 6.09. The monoisotopic (exact) mass is 430 g/mol. The molecule has 0 aromatic rings. The maximum atomic E-state index is 10.6. The highest BCUT2D eigenvalue weighted by Crippen LogP contribution is 2.60. The second kappa shape index (κ2) is 9.15. The average Bonchev–Trinajstić information content (AvgIpc) is 2.99. The Morgan fingerprint density at radius 1 is 1.23 bits per heavy atom. The van der Waals surface area contributed by atoms with E-state index in [1.54, 1.807) is 12.5 Å². The molecule has 3 aliphatic carbocycles. The molecule has 31 heavy (non-hydrogen) atoms. The van der Waals surface area contributed by atoms with Crippen LogP contribution in [0.5, 0.6) is 0 Å². The van der Waals surface area contributed by atoms with Gasteiger partial charge in [-0.05, 0) is 100 Å². The molecule has 3 heteroatoms. The number of fused-ring (bicyclic) bond motifs is 1. The van der Waals surface area contributed by atoms with E-state index in [1.807, 2.05) is 13.8 Å². The Hall–Kier alpha value is -0.900.